The first-order valence-corrected chi connectivity index (χ1v) is 7.22. The molecule has 0 saturated carbocycles. The molecule has 3 rings (SSSR count). The predicted octanol–water partition coefficient (Wildman–Crippen LogP) is 5.10. The van der Waals surface area contributed by atoms with E-state index in [0.717, 1.165) is 17.9 Å². The standard InChI is InChI=1S/C16H15BrO/c1-2-13(17)16-11-7-3-5-9-14(11)18-15-10-6-4-8-12(15)16/h3-10,13,16H,2H2,1H3. The molecule has 1 unspecified atom stereocenters. The van der Waals surface area contributed by atoms with Gasteiger partial charge in [-0.05, 0) is 18.6 Å². The van der Waals surface area contributed by atoms with E-state index >= 15 is 0 Å². The number of hydrogen-bond donors (Lipinski definition) is 0. The van der Waals surface area contributed by atoms with Gasteiger partial charge < -0.3 is 4.74 Å². The molecule has 0 spiro atoms. The highest BCUT2D eigenvalue weighted by molar-refractivity contribution is 9.09. The van der Waals surface area contributed by atoms with Gasteiger partial charge in [-0.15, -0.1) is 0 Å². The number of rotatable bonds is 2. The number of alkyl halides is 1. The Labute approximate surface area is 116 Å². The fourth-order valence-electron chi connectivity index (χ4n) is 2.57. The summed E-state index contributed by atoms with van der Waals surface area (Å²) in [6.07, 6.45) is 1.09. The summed E-state index contributed by atoms with van der Waals surface area (Å²) < 4.78 is 5.98. The van der Waals surface area contributed by atoms with Gasteiger partial charge in [0.1, 0.15) is 11.5 Å². The molecule has 0 aromatic heterocycles. The predicted molar refractivity (Wildman–Crippen MR) is 77.8 cm³/mol. The van der Waals surface area contributed by atoms with Crippen molar-refractivity contribution in [3.05, 3.63) is 59.7 Å². The van der Waals surface area contributed by atoms with Crippen molar-refractivity contribution < 1.29 is 4.74 Å². The van der Waals surface area contributed by atoms with Gasteiger partial charge in [0.25, 0.3) is 0 Å². The molecule has 2 aromatic carbocycles. The third kappa shape index (κ3) is 1.85. The molecule has 1 heterocycles. The fourth-order valence-corrected chi connectivity index (χ4v) is 3.14. The second-order valence-corrected chi connectivity index (χ2v) is 5.76. The van der Waals surface area contributed by atoms with E-state index in [9.17, 15) is 0 Å². The average Bonchev–Trinajstić information content (AvgIpc) is 2.44. The van der Waals surface area contributed by atoms with Crippen LogP contribution in [0.4, 0.5) is 0 Å². The first-order chi connectivity index (χ1) is 8.81. The van der Waals surface area contributed by atoms with E-state index in [0.29, 0.717) is 10.7 Å². The summed E-state index contributed by atoms with van der Waals surface area (Å²) in [6, 6.07) is 16.6. The van der Waals surface area contributed by atoms with E-state index < -0.39 is 0 Å². The van der Waals surface area contributed by atoms with Crippen LogP contribution in [-0.2, 0) is 0 Å². The van der Waals surface area contributed by atoms with Crippen molar-refractivity contribution in [3.63, 3.8) is 0 Å². The highest BCUT2D eigenvalue weighted by atomic mass is 79.9. The van der Waals surface area contributed by atoms with Gasteiger partial charge in [0.05, 0.1) is 0 Å². The van der Waals surface area contributed by atoms with E-state index in [2.05, 4.69) is 47.1 Å². The maximum atomic E-state index is 5.98. The molecular weight excluding hydrogens is 288 g/mol. The Morgan fingerprint density at radius 2 is 1.50 bits per heavy atom. The van der Waals surface area contributed by atoms with Crippen LogP contribution in [0.1, 0.15) is 30.4 Å². The van der Waals surface area contributed by atoms with Gasteiger partial charge in [0.15, 0.2) is 0 Å². The Bertz CT molecular complexity index is 519. The van der Waals surface area contributed by atoms with Crippen LogP contribution < -0.4 is 4.74 Å². The van der Waals surface area contributed by atoms with Crippen molar-refractivity contribution in [2.75, 3.05) is 0 Å². The Kier molecular flexibility index (Phi) is 3.13. The van der Waals surface area contributed by atoms with Crippen LogP contribution in [0, 0.1) is 0 Å². The van der Waals surface area contributed by atoms with Gasteiger partial charge in [-0.3, -0.25) is 0 Å². The van der Waals surface area contributed by atoms with E-state index in [1.165, 1.54) is 11.1 Å². The number of fused-ring (bicyclic) bond motifs is 2. The Hall–Kier alpha value is -1.28. The minimum atomic E-state index is 0.371. The molecule has 0 aliphatic carbocycles. The van der Waals surface area contributed by atoms with Crippen molar-refractivity contribution in [1.82, 2.24) is 0 Å². The van der Waals surface area contributed by atoms with Crippen LogP contribution in [0.15, 0.2) is 48.5 Å². The molecule has 0 fully saturated rings. The molecule has 2 aromatic rings. The lowest BCUT2D eigenvalue weighted by Crippen LogP contribution is -2.18. The van der Waals surface area contributed by atoms with Gasteiger partial charge >= 0.3 is 0 Å². The topological polar surface area (TPSA) is 9.23 Å². The molecule has 0 bridgehead atoms. The van der Waals surface area contributed by atoms with Crippen LogP contribution in [0.25, 0.3) is 0 Å². The van der Waals surface area contributed by atoms with Crippen LogP contribution in [-0.4, -0.2) is 4.83 Å². The van der Waals surface area contributed by atoms with Crippen LogP contribution in [0.3, 0.4) is 0 Å². The highest BCUT2D eigenvalue weighted by Crippen LogP contribution is 2.47. The maximum Gasteiger partial charge on any atom is 0.131 e. The summed E-state index contributed by atoms with van der Waals surface area (Å²) in [6.45, 7) is 2.21. The second-order valence-electron chi connectivity index (χ2n) is 4.58. The molecule has 0 saturated heterocycles. The summed E-state index contributed by atoms with van der Waals surface area (Å²) in [7, 11) is 0. The van der Waals surface area contributed by atoms with Crippen molar-refractivity contribution in [1.29, 1.82) is 0 Å². The summed E-state index contributed by atoms with van der Waals surface area (Å²) in [4.78, 5) is 0.434. The molecule has 0 radical (unpaired) electrons. The fraction of sp³-hybridized carbons (Fsp3) is 0.250. The van der Waals surface area contributed by atoms with Crippen molar-refractivity contribution >= 4 is 15.9 Å². The molecular formula is C16H15BrO. The van der Waals surface area contributed by atoms with Crippen molar-refractivity contribution in [3.8, 4) is 11.5 Å². The second kappa shape index (κ2) is 4.77. The maximum absolute atomic E-state index is 5.98. The smallest absolute Gasteiger partial charge is 0.131 e. The minimum absolute atomic E-state index is 0.371. The molecule has 0 N–H and O–H groups in total. The zero-order valence-corrected chi connectivity index (χ0v) is 11.9. The normalized spacial score (nSPS) is 15.4. The minimum Gasteiger partial charge on any atom is -0.457 e. The number of halogens is 1. The number of hydrogen-bond acceptors (Lipinski definition) is 1. The van der Waals surface area contributed by atoms with E-state index in [1.807, 2.05) is 24.3 Å². The van der Waals surface area contributed by atoms with Gasteiger partial charge in [-0.1, -0.05) is 59.3 Å². The molecule has 1 aliphatic rings. The van der Waals surface area contributed by atoms with E-state index in [4.69, 9.17) is 4.74 Å². The average molecular weight is 303 g/mol. The van der Waals surface area contributed by atoms with Crippen LogP contribution >= 0.6 is 15.9 Å². The summed E-state index contributed by atoms with van der Waals surface area (Å²) in [5.74, 6) is 2.34. The van der Waals surface area contributed by atoms with E-state index in [-0.39, 0.29) is 0 Å². The van der Waals surface area contributed by atoms with Crippen LogP contribution in [0.2, 0.25) is 0 Å². The lowest BCUT2D eigenvalue weighted by molar-refractivity contribution is 0.442. The Morgan fingerprint density at radius 3 is 2.00 bits per heavy atom. The zero-order valence-electron chi connectivity index (χ0n) is 10.3. The highest BCUT2D eigenvalue weighted by Gasteiger charge is 2.30. The first-order valence-electron chi connectivity index (χ1n) is 6.31. The third-order valence-electron chi connectivity index (χ3n) is 3.48. The van der Waals surface area contributed by atoms with Gasteiger partial charge in [0.2, 0.25) is 0 Å². The van der Waals surface area contributed by atoms with Gasteiger partial charge in [0, 0.05) is 21.9 Å². The van der Waals surface area contributed by atoms with Gasteiger partial charge in [-0.25, -0.2) is 0 Å². The van der Waals surface area contributed by atoms with Gasteiger partial charge in [-0.2, -0.15) is 0 Å². The largest absolute Gasteiger partial charge is 0.457 e. The number of ether oxygens (including phenoxy) is 1. The Morgan fingerprint density at radius 1 is 1.00 bits per heavy atom. The van der Waals surface area contributed by atoms with E-state index in [1.54, 1.807) is 0 Å². The Balaban J connectivity index is 2.17. The monoisotopic (exact) mass is 302 g/mol. The lowest BCUT2D eigenvalue weighted by Gasteiger charge is -2.30. The number of benzene rings is 2. The molecule has 1 atom stereocenters. The molecule has 18 heavy (non-hydrogen) atoms. The molecule has 92 valence electrons. The molecule has 0 amide bonds. The SMILES string of the molecule is CCC(Br)C1c2ccccc2Oc2ccccc21. The van der Waals surface area contributed by atoms with Crippen molar-refractivity contribution in [2.24, 2.45) is 0 Å². The summed E-state index contributed by atoms with van der Waals surface area (Å²) in [5.41, 5.74) is 2.56. The number of para-hydroxylation sites is 2. The summed E-state index contributed by atoms with van der Waals surface area (Å²) >= 11 is 3.82. The molecule has 2 heteroatoms. The summed E-state index contributed by atoms with van der Waals surface area (Å²) in [5, 5.41) is 0. The third-order valence-corrected chi connectivity index (χ3v) is 4.66. The van der Waals surface area contributed by atoms with Crippen molar-refractivity contribution in [2.45, 2.75) is 24.1 Å². The molecule has 1 aliphatic heterocycles. The first kappa shape index (κ1) is 11.8. The zero-order chi connectivity index (χ0) is 12.5. The lowest BCUT2D eigenvalue weighted by atomic mass is 9.85. The van der Waals surface area contributed by atoms with Crippen LogP contribution in [0.5, 0.6) is 11.5 Å². The molecule has 1 nitrogen and oxygen atoms in total. The quantitative estimate of drug-likeness (QED) is 0.702.